The monoisotopic (exact) mass is 603 g/mol. The quantitative estimate of drug-likeness (QED) is 0.106. The van der Waals surface area contributed by atoms with E-state index in [-0.39, 0.29) is 11.9 Å². The lowest BCUT2D eigenvalue weighted by molar-refractivity contribution is -0.142. The van der Waals surface area contributed by atoms with Crippen molar-refractivity contribution in [3.63, 3.8) is 0 Å². The number of fused-ring (bicyclic) bond motifs is 1. The molecule has 4 rings (SSSR count). The molecule has 0 aliphatic carbocycles. The summed E-state index contributed by atoms with van der Waals surface area (Å²) in [6.45, 7) is 11.8. The number of aliphatic carboxylic acids is 1. The van der Waals surface area contributed by atoms with Gasteiger partial charge in [-0.25, -0.2) is 4.79 Å². The van der Waals surface area contributed by atoms with E-state index >= 15 is 0 Å². The Morgan fingerprint density at radius 1 is 0.867 bits per heavy atom. The van der Waals surface area contributed by atoms with E-state index in [0.717, 1.165) is 44.2 Å². The smallest absolute Gasteiger partial charge is 0.333 e. The Morgan fingerprint density at radius 3 is 2.27 bits per heavy atom. The molecule has 6 nitrogen and oxygen atoms in total. The van der Waals surface area contributed by atoms with Crippen LogP contribution in [0.4, 0.5) is 0 Å². The summed E-state index contributed by atoms with van der Waals surface area (Å²) in [5.41, 5.74) is 5.55. The number of carbonyl (C=O) groups excluding carboxylic acids is 2. The van der Waals surface area contributed by atoms with Gasteiger partial charge < -0.3 is 14.7 Å². The molecule has 0 fully saturated rings. The zero-order chi connectivity index (χ0) is 32.7. The zero-order valence-corrected chi connectivity index (χ0v) is 26.9. The molecule has 0 atom stereocenters. The standard InChI is InChI=1S/C39H41NO5/c1-7-45-37(42)28(4)16-15-26(2)24-40(36(41)35-27(3)17-20-31-11-8-9-14-34(31)35)25-29-18-21-30(22-19-29)32-12-10-13-33(23-32)39(5,6)38(43)44/h8-23H,7,24-25H2,1-6H3,(H,43,44)/b26-15+,28-16+. The van der Waals surface area contributed by atoms with Crippen molar-refractivity contribution < 1.29 is 24.2 Å². The molecule has 0 bridgehead atoms. The van der Waals surface area contributed by atoms with Crippen LogP contribution in [0.15, 0.2) is 108 Å². The van der Waals surface area contributed by atoms with E-state index in [1.54, 1.807) is 33.8 Å². The van der Waals surface area contributed by atoms with E-state index in [9.17, 15) is 19.5 Å². The van der Waals surface area contributed by atoms with Gasteiger partial charge in [0.2, 0.25) is 0 Å². The van der Waals surface area contributed by atoms with Crippen LogP contribution in [-0.2, 0) is 26.3 Å². The number of carboxylic acids is 1. The molecule has 6 heteroatoms. The first kappa shape index (κ1) is 32.9. The van der Waals surface area contributed by atoms with Crippen molar-refractivity contribution in [3.05, 3.63) is 130 Å². The van der Waals surface area contributed by atoms with Crippen LogP contribution in [-0.4, -0.2) is 41.0 Å². The molecule has 1 N–H and O–H groups in total. The van der Waals surface area contributed by atoms with Gasteiger partial charge in [0, 0.05) is 18.7 Å². The predicted molar refractivity (Wildman–Crippen MR) is 180 cm³/mol. The van der Waals surface area contributed by atoms with Crippen LogP contribution in [0.25, 0.3) is 21.9 Å². The molecule has 0 aromatic heterocycles. The summed E-state index contributed by atoms with van der Waals surface area (Å²) in [5.74, 6) is -1.31. The Kier molecular flexibility index (Phi) is 10.4. The summed E-state index contributed by atoms with van der Waals surface area (Å²) in [4.78, 5) is 40.0. The second kappa shape index (κ2) is 14.2. The number of amides is 1. The summed E-state index contributed by atoms with van der Waals surface area (Å²) in [6, 6.07) is 27.5. The fraction of sp³-hybridized carbons (Fsp3) is 0.256. The van der Waals surface area contributed by atoms with Crippen molar-refractivity contribution >= 4 is 28.6 Å². The number of aryl methyl sites for hydroxylation is 1. The Bertz CT molecular complexity index is 1780. The maximum atomic E-state index is 14.3. The summed E-state index contributed by atoms with van der Waals surface area (Å²) < 4.78 is 5.09. The topological polar surface area (TPSA) is 83.9 Å². The van der Waals surface area contributed by atoms with Crippen LogP contribution in [0, 0.1) is 6.92 Å². The van der Waals surface area contributed by atoms with Gasteiger partial charge in [0.1, 0.15) is 0 Å². The van der Waals surface area contributed by atoms with Crippen LogP contribution >= 0.6 is 0 Å². The van der Waals surface area contributed by atoms with E-state index in [4.69, 9.17) is 4.74 Å². The predicted octanol–water partition coefficient (Wildman–Crippen LogP) is 8.28. The number of nitrogens with zero attached hydrogens (tertiary/aromatic N) is 1. The second-order valence-electron chi connectivity index (χ2n) is 11.9. The van der Waals surface area contributed by atoms with E-state index in [0.29, 0.717) is 30.8 Å². The molecule has 4 aromatic rings. The first-order valence-corrected chi connectivity index (χ1v) is 15.1. The van der Waals surface area contributed by atoms with Crippen LogP contribution in [0.3, 0.4) is 0 Å². The number of carbonyl (C=O) groups is 3. The number of carboxylic acid groups (broad SMARTS) is 1. The lowest BCUT2D eigenvalue weighted by Gasteiger charge is -2.25. The van der Waals surface area contributed by atoms with Gasteiger partial charge in [-0.05, 0) is 80.1 Å². The highest BCUT2D eigenvalue weighted by Gasteiger charge is 2.29. The van der Waals surface area contributed by atoms with E-state index in [1.165, 1.54) is 0 Å². The largest absolute Gasteiger partial charge is 0.481 e. The molecule has 0 unspecified atom stereocenters. The summed E-state index contributed by atoms with van der Waals surface area (Å²) >= 11 is 0. The lowest BCUT2D eigenvalue weighted by atomic mass is 9.83. The van der Waals surface area contributed by atoms with Crippen molar-refractivity contribution in [1.29, 1.82) is 0 Å². The van der Waals surface area contributed by atoms with Crippen molar-refractivity contribution in [1.82, 2.24) is 4.90 Å². The maximum absolute atomic E-state index is 14.3. The molecule has 0 aliphatic rings. The fourth-order valence-corrected chi connectivity index (χ4v) is 5.19. The summed E-state index contributed by atoms with van der Waals surface area (Å²) in [6.07, 6.45) is 3.59. The minimum absolute atomic E-state index is 0.0733. The molecular formula is C39H41NO5. The molecule has 0 saturated heterocycles. The Labute approximate surface area is 265 Å². The third-order valence-corrected chi connectivity index (χ3v) is 8.07. The molecule has 232 valence electrons. The average molecular weight is 604 g/mol. The molecule has 45 heavy (non-hydrogen) atoms. The van der Waals surface area contributed by atoms with Gasteiger partial charge in [-0.3, -0.25) is 9.59 Å². The molecule has 1 amide bonds. The lowest BCUT2D eigenvalue weighted by Crippen LogP contribution is -2.32. The number of ether oxygens (including phenoxy) is 1. The molecule has 4 aromatic carbocycles. The van der Waals surface area contributed by atoms with E-state index in [1.807, 2.05) is 110 Å². The van der Waals surface area contributed by atoms with Crippen LogP contribution in [0.2, 0.25) is 0 Å². The van der Waals surface area contributed by atoms with Crippen molar-refractivity contribution in [2.24, 2.45) is 0 Å². The third kappa shape index (κ3) is 7.76. The van der Waals surface area contributed by atoms with Gasteiger partial charge in [0.05, 0.1) is 17.6 Å². The number of rotatable bonds is 11. The highest BCUT2D eigenvalue weighted by Crippen LogP contribution is 2.29. The first-order valence-electron chi connectivity index (χ1n) is 15.1. The average Bonchev–Trinajstić information content (AvgIpc) is 3.03. The first-order chi connectivity index (χ1) is 21.4. The highest BCUT2D eigenvalue weighted by atomic mass is 16.5. The van der Waals surface area contributed by atoms with Gasteiger partial charge in [-0.15, -0.1) is 0 Å². The van der Waals surface area contributed by atoms with Gasteiger partial charge in [-0.2, -0.15) is 0 Å². The van der Waals surface area contributed by atoms with Gasteiger partial charge in [-0.1, -0.05) is 103 Å². The molecule has 0 heterocycles. The van der Waals surface area contributed by atoms with Crippen molar-refractivity contribution in [2.75, 3.05) is 13.2 Å². The zero-order valence-electron chi connectivity index (χ0n) is 26.9. The van der Waals surface area contributed by atoms with Crippen molar-refractivity contribution in [2.45, 2.75) is 53.5 Å². The van der Waals surface area contributed by atoms with E-state index in [2.05, 4.69) is 0 Å². The normalized spacial score (nSPS) is 12.2. The second-order valence-corrected chi connectivity index (χ2v) is 11.9. The van der Waals surface area contributed by atoms with Crippen LogP contribution < -0.4 is 0 Å². The Balaban J connectivity index is 1.67. The van der Waals surface area contributed by atoms with Crippen LogP contribution in [0.5, 0.6) is 0 Å². The summed E-state index contributed by atoms with van der Waals surface area (Å²) in [5, 5.41) is 11.6. The molecule has 0 aliphatic heterocycles. The van der Waals surface area contributed by atoms with Gasteiger partial charge in [0.25, 0.3) is 5.91 Å². The molecule has 0 saturated carbocycles. The summed E-state index contributed by atoms with van der Waals surface area (Å²) in [7, 11) is 0. The Morgan fingerprint density at radius 2 is 1.58 bits per heavy atom. The van der Waals surface area contributed by atoms with Crippen molar-refractivity contribution in [3.8, 4) is 11.1 Å². The highest BCUT2D eigenvalue weighted by molar-refractivity contribution is 6.08. The van der Waals surface area contributed by atoms with E-state index < -0.39 is 11.4 Å². The molecular weight excluding hydrogens is 562 g/mol. The van der Waals surface area contributed by atoms with Gasteiger partial charge in [0.15, 0.2) is 0 Å². The minimum atomic E-state index is -1.01. The minimum Gasteiger partial charge on any atom is -0.481 e. The number of hydrogen-bond donors (Lipinski definition) is 1. The number of esters is 1. The maximum Gasteiger partial charge on any atom is 0.333 e. The van der Waals surface area contributed by atoms with Gasteiger partial charge >= 0.3 is 11.9 Å². The molecule has 0 radical (unpaired) electrons. The fourth-order valence-electron chi connectivity index (χ4n) is 5.19. The SMILES string of the molecule is CCOC(=O)/C(C)=C/C=C(\C)CN(Cc1ccc(-c2cccc(C(C)(C)C(=O)O)c2)cc1)C(=O)c1c(C)ccc2ccccc12. The third-order valence-electron chi connectivity index (χ3n) is 8.07. The number of allylic oxidation sites excluding steroid dienone is 2. The number of hydrogen-bond acceptors (Lipinski definition) is 4. The molecule has 0 spiro atoms. The van der Waals surface area contributed by atoms with Crippen LogP contribution in [0.1, 0.15) is 61.7 Å². The Hall–Kier alpha value is -4.97. The number of benzene rings is 4.